The lowest BCUT2D eigenvalue weighted by molar-refractivity contribution is 0.787. The predicted molar refractivity (Wildman–Crippen MR) is 69.4 cm³/mol. The van der Waals surface area contributed by atoms with Crippen LogP contribution in [0.15, 0.2) is 18.7 Å². The van der Waals surface area contributed by atoms with Crippen molar-refractivity contribution >= 4 is 11.6 Å². The van der Waals surface area contributed by atoms with Gasteiger partial charge in [0.15, 0.2) is 0 Å². The largest absolute Gasteiger partial charge is 0.370 e. The summed E-state index contributed by atoms with van der Waals surface area (Å²) < 4.78 is 1.91. The molecule has 7 nitrogen and oxygen atoms in total. The first-order chi connectivity index (χ1) is 8.79. The molecule has 0 saturated carbocycles. The molecule has 0 radical (unpaired) electrons. The fourth-order valence-electron chi connectivity index (χ4n) is 1.57. The van der Waals surface area contributed by atoms with E-state index in [2.05, 4.69) is 30.8 Å². The lowest BCUT2D eigenvalue weighted by Gasteiger charge is -2.07. The maximum atomic E-state index is 4.16. The maximum absolute atomic E-state index is 4.16. The summed E-state index contributed by atoms with van der Waals surface area (Å²) in [5.41, 5.74) is 0. The molecular weight excluding hydrogens is 230 g/mol. The second-order valence-corrected chi connectivity index (χ2v) is 3.85. The highest BCUT2D eigenvalue weighted by molar-refractivity contribution is 5.46. The summed E-state index contributed by atoms with van der Waals surface area (Å²) >= 11 is 0. The average molecular weight is 247 g/mol. The van der Waals surface area contributed by atoms with E-state index in [1.54, 1.807) is 12.7 Å². The zero-order valence-corrected chi connectivity index (χ0v) is 10.6. The standard InChI is InChI=1S/C11H17N7/c1-3-12-9-6-10(15-7-14-9)13-5-4-11-17-16-8-18(11)2/h6-8H,3-5H2,1-2H3,(H2,12,13,14,15). The number of nitrogens with one attached hydrogen (secondary N) is 2. The van der Waals surface area contributed by atoms with Crippen LogP contribution < -0.4 is 10.6 Å². The molecule has 0 atom stereocenters. The van der Waals surface area contributed by atoms with Gasteiger partial charge in [0, 0.05) is 32.6 Å². The van der Waals surface area contributed by atoms with Crippen LogP contribution in [-0.4, -0.2) is 37.8 Å². The summed E-state index contributed by atoms with van der Waals surface area (Å²) in [5, 5.41) is 14.2. The van der Waals surface area contributed by atoms with Crippen LogP contribution in [0.1, 0.15) is 12.7 Å². The Morgan fingerprint density at radius 2 is 2.00 bits per heavy atom. The van der Waals surface area contributed by atoms with E-state index in [0.717, 1.165) is 37.0 Å². The van der Waals surface area contributed by atoms with E-state index in [-0.39, 0.29) is 0 Å². The molecule has 0 saturated heterocycles. The molecule has 0 aliphatic rings. The van der Waals surface area contributed by atoms with Crippen LogP contribution in [0.25, 0.3) is 0 Å². The molecule has 18 heavy (non-hydrogen) atoms. The number of nitrogens with zero attached hydrogens (tertiary/aromatic N) is 5. The third-order valence-electron chi connectivity index (χ3n) is 2.48. The van der Waals surface area contributed by atoms with E-state index < -0.39 is 0 Å². The Kier molecular flexibility index (Phi) is 4.06. The molecule has 0 unspecified atom stereocenters. The molecule has 2 N–H and O–H groups in total. The van der Waals surface area contributed by atoms with Crippen molar-refractivity contribution in [2.24, 2.45) is 7.05 Å². The van der Waals surface area contributed by atoms with E-state index in [1.807, 2.05) is 24.6 Å². The monoisotopic (exact) mass is 247 g/mol. The molecule has 0 aliphatic carbocycles. The van der Waals surface area contributed by atoms with Gasteiger partial charge >= 0.3 is 0 Å². The fraction of sp³-hybridized carbons (Fsp3) is 0.455. The molecule has 2 aromatic rings. The van der Waals surface area contributed by atoms with Gasteiger partial charge in [0.05, 0.1) is 0 Å². The normalized spacial score (nSPS) is 10.3. The van der Waals surface area contributed by atoms with E-state index in [0.29, 0.717) is 0 Å². The van der Waals surface area contributed by atoms with Crippen LogP contribution in [0.3, 0.4) is 0 Å². The molecule has 2 heterocycles. The Labute approximate surface area is 106 Å². The second-order valence-electron chi connectivity index (χ2n) is 3.85. The van der Waals surface area contributed by atoms with Crippen LogP contribution >= 0.6 is 0 Å². The van der Waals surface area contributed by atoms with Gasteiger partial charge in [-0.1, -0.05) is 0 Å². The minimum Gasteiger partial charge on any atom is -0.370 e. The SMILES string of the molecule is CCNc1cc(NCCc2nncn2C)ncn1. The zero-order valence-electron chi connectivity index (χ0n) is 10.6. The Balaban J connectivity index is 1.86. The minimum absolute atomic E-state index is 0.759. The highest BCUT2D eigenvalue weighted by Crippen LogP contribution is 2.08. The van der Waals surface area contributed by atoms with Gasteiger partial charge in [0.2, 0.25) is 0 Å². The summed E-state index contributed by atoms with van der Waals surface area (Å²) in [6.45, 7) is 3.63. The molecule has 96 valence electrons. The minimum atomic E-state index is 0.759. The number of anilines is 2. The van der Waals surface area contributed by atoms with Crippen LogP contribution in [0.5, 0.6) is 0 Å². The first-order valence-corrected chi connectivity index (χ1v) is 5.92. The number of rotatable bonds is 6. The summed E-state index contributed by atoms with van der Waals surface area (Å²) in [6, 6.07) is 1.89. The summed E-state index contributed by atoms with van der Waals surface area (Å²) in [7, 11) is 1.93. The highest BCUT2D eigenvalue weighted by atomic mass is 15.2. The molecular formula is C11H17N7. The third-order valence-corrected chi connectivity index (χ3v) is 2.48. The number of aryl methyl sites for hydroxylation is 1. The Hall–Kier alpha value is -2.18. The molecule has 0 aliphatic heterocycles. The van der Waals surface area contributed by atoms with E-state index in [1.165, 1.54) is 0 Å². The van der Waals surface area contributed by atoms with Crippen LogP contribution in [0, 0.1) is 0 Å². The van der Waals surface area contributed by atoms with Gasteiger partial charge in [-0.2, -0.15) is 0 Å². The number of aromatic nitrogens is 5. The first-order valence-electron chi connectivity index (χ1n) is 5.92. The maximum Gasteiger partial charge on any atom is 0.134 e. The summed E-state index contributed by atoms with van der Waals surface area (Å²) in [6.07, 6.45) is 4.04. The van der Waals surface area contributed by atoms with Gasteiger partial charge in [-0.25, -0.2) is 9.97 Å². The third kappa shape index (κ3) is 3.16. The topological polar surface area (TPSA) is 80.5 Å². The van der Waals surface area contributed by atoms with Crippen molar-refractivity contribution in [2.45, 2.75) is 13.3 Å². The predicted octanol–water partition coefficient (Wildman–Crippen LogP) is 0.691. The molecule has 7 heteroatoms. The van der Waals surface area contributed by atoms with Crippen molar-refractivity contribution in [2.75, 3.05) is 23.7 Å². The zero-order chi connectivity index (χ0) is 12.8. The molecule has 0 aromatic carbocycles. The fourth-order valence-corrected chi connectivity index (χ4v) is 1.57. The van der Waals surface area contributed by atoms with E-state index >= 15 is 0 Å². The Morgan fingerprint density at radius 1 is 1.22 bits per heavy atom. The van der Waals surface area contributed by atoms with Gasteiger partial charge in [0.25, 0.3) is 0 Å². The van der Waals surface area contributed by atoms with Crippen molar-refractivity contribution in [3.63, 3.8) is 0 Å². The van der Waals surface area contributed by atoms with Gasteiger partial charge in [0.1, 0.15) is 30.1 Å². The molecule has 0 amide bonds. The van der Waals surface area contributed by atoms with Gasteiger partial charge in [-0.3, -0.25) is 0 Å². The van der Waals surface area contributed by atoms with Crippen molar-refractivity contribution in [3.05, 3.63) is 24.5 Å². The first kappa shape index (κ1) is 12.3. The van der Waals surface area contributed by atoms with Crippen molar-refractivity contribution in [1.82, 2.24) is 24.7 Å². The number of hydrogen-bond acceptors (Lipinski definition) is 6. The van der Waals surface area contributed by atoms with Crippen molar-refractivity contribution in [1.29, 1.82) is 0 Å². The highest BCUT2D eigenvalue weighted by Gasteiger charge is 2.01. The van der Waals surface area contributed by atoms with Crippen molar-refractivity contribution in [3.8, 4) is 0 Å². The van der Waals surface area contributed by atoms with Gasteiger partial charge in [-0.15, -0.1) is 10.2 Å². The summed E-state index contributed by atoms with van der Waals surface area (Å²) in [4.78, 5) is 8.27. The summed E-state index contributed by atoms with van der Waals surface area (Å²) in [5.74, 6) is 2.58. The molecule has 0 bridgehead atoms. The smallest absolute Gasteiger partial charge is 0.134 e. The second kappa shape index (κ2) is 5.95. The Morgan fingerprint density at radius 3 is 2.67 bits per heavy atom. The van der Waals surface area contributed by atoms with Crippen LogP contribution in [-0.2, 0) is 13.5 Å². The quantitative estimate of drug-likeness (QED) is 0.781. The van der Waals surface area contributed by atoms with Crippen LogP contribution in [0.2, 0.25) is 0 Å². The lowest BCUT2D eigenvalue weighted by atomic mass is 10.4. The molecule has 2 aromatic heterocycles. The number of hydrogen-bond donors (Lipinski definition) is 2. The van der Waals surface area contributed by atoms with Gasteiger partial charge < -0.3 is 15.2 Å². The lowest BCUT2D eigenvalue weighted by Crippen LogP contribution is -2.10. The van der Waals surface area contributed by atoms with E-state index in [9.17, 15) is 0 Å². The average Bonchev–Trinajstić information content (AvgIpc) is 2.76. The molecule has 2 rings (SSSR count). The van der Waals surface area contributed by atoms with Gasteiger partial charge in [-0.05, 0) is 6.92 Å². The van der Waals surface area contributed by atoms with Crippen LogP contribution in [0.4, 0.5) is 11.6 Å². The van der Waals surface area contributed by atoms with Crippen molar-refractivity contribution < 1.29 is 0 Å². The molecule has 0 spiro atoms. The Bertz CT molecular complexity index is 494. The molecule has 0 fully saturated rings. The van der Waals surface area contributed by atoms with E-state index in [4.69, 9.17) is 0 Å².